The summed E-state index contributed by atoms with van der Waals surface area (Å²) in [6, 6.07) is 24.1. The molecule has 0 bridgehead atoms. The zero-order valence-electron chi connectivity index (χ0n) is 28.1. The Labute approximate surface area is 282 Å². The largest absolute Gasteiger partial charge is 0.484 e. The number of hydrogen-bond acceptors (Lipinski definition) is 10. The molecule has 3 aromatic rings. The Morgan fingerprint density at radius 3 is 1.94 bits per heavy atom. The van der Waals surface area contributed by atoms with Crippen molar-refractivity contribution in [3.05, 3.63) is 90.0 Å². The molecule has 0 heterocycles. The molecule has 0 unspecified atom stereocenters. The molecule has 3 rings (SSSR count). The van der Waals surface area contributed by atoms with Gasteiger partial charge < -0.3 is 38.5 Å². The van der Waals surface area contributed by atoms with Crippen LogP contribution in [0.4, 0.5) is 0 Å². The Morgan fingerprint density at radius 1 is 0.667 bits per heavy atom. The maximum absolute atomic E-state index is 12.5. The number of amides is 1. The van der Waals surface area contributed by atoms with Crippen molar-refractivity contribution in [2.75, 3.05) is 66.0 Å². The zero-order valence-corrected chi connectivity index (χ0v) is 28.1. The summed E-state index contributed by atoms with van der Waals surface area (Å²) in [5, 5.41) is 2.75. The highest BCUT2D eigenvalue weighted by molar-refractivity contribution is 5.91. The highest BCUT2D eigenvalue weighted by Crippen LogP contribution is 2.24. The fraction of sp³-hybridized carbons (Fsp3) is 0.432. The van der Waals surface area contributed by atoms with Gasteiger partial charge >= 0.3 is 11.9 Å². The molecule has 11 heteroatoms. The van der Waals surface area contributed by atoms with Crippen LogP contribution in [0.2, 0.25) is 0 Å². The SMILES string of the molecule is CC(C)(C)OC(=O)CCOCCOCCOCCOCCNC(=O)COc1ccc(-c2cccc(C(=O)OCc3ccccc3)c2)cc1. The first-order valence-electron chi connectivity index (χ1n) is 16.0. The lowest BCUT2D eigenvalue weighted by Gasteiger charge is -2.19. The third kappa shape index (κ3) is 16.5. The molecule has 3 aromatic carbocycles. The molecule has 48 heavy (non-hydrogen) atoms. The summed E-state index contributed by atoms with van der Waals surface area (Å²) in [6.07, 6.45) is 0.211. The van der Waals surface area contributed by atoms with E-state index in [9.17, 15) is 14.4 Å². The molecule has 0 atom stereocenters. The summed E-state index contributed by atoms with van der Waals surface area (Å²) in [4.78, 5) is 36.3. The molecule has 0 aliphatic rings. The highest BCUT2D eigenvalue weighted by atomic mass is 16.6. The maximum atomic E-state index is 12.5. The average Bonchev–Trinajstić information content (AvgIpc) is 3.08. The van der Waals surface area contributed by atoms with Crippen molar-refractivity contribution in [2.45, 2.75) is 39.4 Å². The summed E-state index contributed by atoms with van der Waals surface area (Å²) in [6.45, 7) is 9.01. The topological polar surface area (TPSA) is 128 Å². The van der Waals surface area contributed by atoms with Crippen LogP contribution in [-0.4, -0.2) is 89.5 Å². The molecule has 0 radical (unpaired) electrons. The van der Waals surface area contributed by atoms with E-state index < -0.39 is 5.60 Å². The van der Waals surface area contributed by atoms with Crippen LogP contribution < -0.4 is 10.1 Å². The van der Waals surface area contributed by atoms with Crippen molar-refractivity contribution >= 4 is 17.8 Å². The lowest BCUT2D eigenvalue weighted by molar-refractivity contribution is -0.156. The monoisotopic (exact) mass is 665 g/mol. The quantitative estimate of drug-likeness (QED) is 0.116. The number of esters is 2. The van der Waals surface area contributed by atoms with Crippen LogP contribution in [0.15, 0.2) is 78.9 Å². The molecule has 0 spiro atoms. The number of rotatable bonds is 22. The predicted octanol–water partition coefficient (Wildman–Crippen LogP) is 5.00. The fourth-order valence-corrected chi connectivity index (χ4v) is 4.15. The van der Waals surface area contributed by atoms with Crippen LogP contribution >= 0.6 is 0 Å². The van der Waals surface area contributed by atoms with E-state index in [0.29, 0.717) is 70.7 Å². The molecule has 0 aliphatic carbocycles. The molecule has 260 valence electrons. The Morgan fingerprint density at radius 2 is 1.29 bits per heavy atom. The van der Waals surface area contributed by atoms with Crippen LogP contribution in [0.5, 0.6) is 5.75 Å². The van der Waals surface area contributed by atoms with Crippen LogP contribution in [0.3, 0.4) is 0 Å². The van der Waals surface area contributed by atoms with Crippen LogP contribution in [0, 0.1) is 0 Å². The van der Waals surface area contributed by atoms with Crippen molar-refractivity contribution in [3.63, 3.8) is 0 Å². The lowest BCUT2D eigenvalue weighted by atomic mass is 10.0. The van der Waals surface area contributed by atoms with Crippen molar-refractivity contribution in [3.8, 4) is 16.9 Å². The van der Waals surface area contributed by atoms with E-state index in [0.717, 1.165) is 16.7 Å². The first-order chi connectivity index (χ1) is 23.2. The number of nitrogens with one attached hydrogen (secondary N) is 1. The van der Waals surface area contributed by atoms with Gasteiger partial charge in [0.05, 0.1) is 64.8 Å². The van der Waals surface area contributed by atoms with Gasteiger partial charge in [-0.05, 0) is 61.7 Å². The first kappa shape index (κ1) is 38.2. The normalized spacial score (nSPS) is 11.1. The lowest BCUT2D eigenvalue weighted by Crippen LogP contribution is -2.31. The number of carbonyl (C=O) groups excluding carboxylic acids is 3. The average molecular weight is 666 g/mol. The van der Waals surface area contributed by atoms with Gasteiger partial charge in [0, 0.05) is 6.54 Å². The van der Waals surface area contributed by atoms with Crippen molar-refractivity contribution in [1.29, 1.82) is 0 Å². The van der Waals surface area contributed by atoms with Gasteiger partial charge in [0.25, 0.3) is 5.91 Å². The second-order valence-corrected chi connectivity index (χ2v) is 11.6. The van der Waals surface area contributed by atoms with Gasteiger partial charge in [-0.1, -0.05) is 54.6 Å². The molecule has 11 nitrogen and oxygen atoms in total. The molecular formula is C37H47NO10. The van der Waals surface area contributed by atoms with Crippen LogP contribution in [-0.2, 0) is 44.6 Å². The van der Waals surface area contributed by atoms with Gasteiger partial charge in [0.15, 0.2) is 6.61 Å². The molecule has 0 aromatic heterocycles. The Kier molecular flexibility index (Phi) is 17.1. The van der Waals surface area contributed by atoms with Gasteiger partial charge in [-0.2, -0.15) is 0 Å². The van der Waals surface area contributed by atoms with Crippen molar-refractivity contribution < 1.29 is 47.5 Å². The standard InChI is InChI=1S/C37H47NO10/c1-37(2,3)48-35(40)16-18-42-20-22-44-24-25-45-23-21-43-19-17-38-34(39)28-46-33-14-12-30(13-15-33)31-10-7-11-32(26-31)36(41)47-27-29-8-5-4-6-9-29/h4-15,26H,16-25,27-28H2,1-3H3,(H,38,39). The van der Waals surface area contributed by atoms with Gasteiger partial charge in [-0.25, -0.2) is 4.79 Å². The van der Waals surface area contributed by atoms with Crippen molar-refractivity contribution in [1.82, 2.24) is 5.32 Å². The number of ether oxygens (including phenoxy) is 7. The first-order valence-corrected chi connectivity index (χ1v) is 16.0. The summed E-state index contributed by atoms with van der Waals surface area (Å²) < 4.78 is 38.0. The van der Waals surface area contributed by atoms with Gasteiger partial charge in [-0.15, -0.1) is 0 Å². The van der Waals surface area contributed by atoms with Crippen LogP contribution in [0.1, 0.15) is 43.1 Å². The third-order valence-corrected chi connectivity index (χ3v) is 6.42. The summed E-state index contributed by atoms with van der Waals surface area (Å²) in [5.41, 5.74) is 2.67. The summed E-state index contributed by atoms with van der Waals surface area (Å²) in [5.74, 6) is -0.377. The van der Waals surface area contributed by atoms with Crippen LogP contribution in [0.25, 0.3) is 11.1 Å². The second kappa shape index (κ2) is 21.6. The molecule has 1 N–H and O–H groups in total. The minimum absolute atomic E-state index is 0.125. The summed E-state index contributed by atoms with van der Waals surface area (Å²) >= 11 is 0. The van der Waals surface area contributed by atoms with E-state index in [1.165, 1.54) is 0 Å². The number of benzene rings is 3. The minimum Gasteiger partial charge on any atom is -0.484 e. The smallest absolute Gasteiger partial charge is 0.338 e. The Balaban J connectivity index is 1.17. The minimum atomic E-state index is -0.491. The Bertz CT molecular complexity index is 1370. The molecular weight excluding hydrogens is 618 g/mol. The third-order valence-electron chi connectivity index (χ3n) is 6.42. The molecule has 0 saturated carbocycles. The highest BCUT2D eigenvalue weighted by Gasteiger charge is 2.15. The second-order valence-electron chi connectivity index (χ2n) is 11.6. The molecule has 0 saturated heterocycles. The maximum Gasteiger partial charge on any atom is 0.338 e. The Hall–Kier alpha value is -4.29. The molecule has 0 aliphatic heterocycles. The fourth-order valence-electron chi connectivity index (χ4n) is 4.15. The van der Waals surface area contributed by atoms with Gasteiger partial charge in [-0.3, -0.25) is 9.59 Å². The van der Waals surface area contributed by atoms with E-state index in [1.807, 2.05) is 75.4 Å². The van der Waals surface area contributed by atoms with E-state index in [4.69, 9.17) is 33.2 Å². The molecule has 1 amide bonds. The van der Waals surface area contributed by atoms with Gasteiger partial charge in [0.1, 0.15) is 18.0 Å². The molecule has 0 fully saturated rings. The van der Waals surface area contributed by atoms with E-state index >= 15 is 0 Å². The van der Waals surface area contributed by atoms with Gasteiger partial charge in [0.2, 0.25) is 0 Å². The predicted molar refractivity (Wildman–Crippen MR) is 180 cm³/mol. The number of hydrogen-bond donors (Lipinski definition) is 1. The van der Waals surface area contributed by atoms with E-state index in [2.05, 4.69) is 5.32 Å². The zero-order chi connectivity index (χ0) is 34.5. The van der Waals surface area contributed by atoms with E-state index in [1.54, 1.807) is 24.3 Å². The van der Waals surface area contributed by atoms with Crippen molar-refractivity contribution in [2.24, 2.45) is 0 Å². The number of carbonyl (C=O) groups is 3. The summed E-state index contributed by atoms with van der Waals surface area (Å²) in [7, 11) is 0. The van der Waals surface area contributed by atoms with E-state index in [-0.39, 0.29) is 37.5 Å².